The Morgan fingerprint density at radius 2 is 1.72 bits per heavy atom. The van der Waals surface area contributed by atoms with Crippen molar-refractivity contribution in [1.82, 2.24) is 4.72 Å². The summed E-state index contributed by atoms with van der Waals surface area (Å²) in [5.41, 5.74) is 1.71. The summed E-state index contributed by atoms with van der Waals surface area (Å²) in [5.74, 6) is 0.591. The SMILES string of the molecule is COc1ccc(N2CC(NS(=O)(=O)c3ccc(C)cc3)CC2=O)cc1. The maximum Gasteiger partial charge on any atom is 0.240 e. The summed E-state index contributed by atoms with van der Waals surface area (Å²) in [7, 11) is -2.07. The van der Waals surface area contributed by atoms with Crippen LogP contribution in [0.1, 0.15) is 12.0 Å². The number of sulfonamides is 1. The van der Waals surface area contributed by atoms with Gasteiger partial charge in [-0.1, -0.05) is 17.7 Å². The molecule has 1 N–H and O–H groups in total. The molecule has 132 valence electrons. The highest BCUT2D eigenvalue weighted by molar-refractivity contribution is 7.89. The zero-order chi connectivity index (χ0) is 18.0. The van der Waals surface area contributed by atoms with E-state index in [0.717, 1.165) is 11.3 Å². The van der Waals surface area contributed by atoms with E-state index in [1.165, 1.54) is 0 Å². The van der Waals surface area contributed by atoms with Crippen LogP contribution in [0.2, 0.25) is 0 Å². The van der Waals surface area contributed by atoms with Gasteiger partial charge in [0.25, 0.3) is 0 Å². The summed E-state index contributed by atoms with van der Waals surface area (Å²) in [6.07, 6.45) is 0.136. The van der Waals surface area contributed by atoms with Gasteiger partial charge in [-0.25, -0.2) is 13.1 Å². The Balaban J connectivity index is 1.72. The predicted molar refractivity (Wildman–Crippen MR) is 95.3 cm³/mol. The number of amides is 1. The van der Waals surface area contributed by atoms with Crippen LogP contribution in [0.4, 0.5) is 5.69 Å². The summed E-state index contributed by atoms with van der Waals surface area (Å²) in [6, 6.07) is 13.3. The average Bonchev–Trinajstić information content (AvgIpc) is 2.95. The first-order valence-corrected chi connectivity index (χ1v) is 9.41. The van der Waals surface area contributed by atoms with Gasteiger partial charge in [0.05, 0.1) is 12.0 Å². The van der Waals surface area contributed by atoms with E-state index in [1.807, 2.05) is 6.92 Å². The number of nitrogens with zero attached hydrogens (tertiary/aromatic N) is 1. The van der Waals surface area contributed by atoms with E-state index in [9.17, 15) is 13.2 Å². The highest BCUT2D eigenvalue weighted by Crippen LogP contribution is 2.25. The Morgan fingerprint density at radius 3 is 2.32 bits per heavy atom. The molecule has 1 amide bonds. The first-order valence-electron chi connectivity index (χ1n) is 7.92. The van der Waals surface area contributed by atoms with Crippen molar-refractivity contribution in [3.8, 4) is 5.75 Å². The van der Waals surface area contributed by atoms with E-state index < -0.39 is 16.1 Å². The topological polar surface area (TPSA) is 75.7 Å². The van der Waals surface area contributed by atoms with E-state index >= 15 is 0 Å². The van der Waals surface area contributed by atoms with Crippen LogP contribution < -0.4 is 14.4 Å². The van der Waals surface area contributed by atoms with Crippen LogP contribution in [-0.4, -0.2) is 34.0 Å². The number of nitrogens with one attached hydrogen (secondary N) is 1. The Hall–Kier alpha value is -2.38. The number of hydrogen-bond acceptors (Lipinski definition) is 4. The smallest absolute Gasteiger partial charge is 0.240 e. The summed E-state index contributed by atoms with van der Waals surface area (Å²) in [4.78, 5) is 14.1. The molecule has 25 heavy (non-hydrogen) atoms. The lowest BCUT2D eigenvalue weighted by Gasteiger charge is -2.17. The van der Waals surface area contributed by atoms with Crippen LogP contribution in [-0.2, 0) is 14.8 Å². The second kappa shape index (κ2) is 6.85. The van der Waals surface area contributed by atoms with Crippen molar-refractivity contribution in [2.75, 3.05) is 18.6 Å². The highest BCUT2D eigenvalue weighted by Gasteiger charge is 2.33. The molecule has 1 aliphatic heterocycles. The molecule has 0 spiro atoms. The average molecular weight is 360 g/mol. The standard InChI is InChI=1S/C18H20N2O4S/c1-13-3-9-17(10-4-13)25(22,23)19-14-11-18(21)20(12-14)15-5-7-16(24-2)8-6-15/h3-10,14,19H,11-12H2,1-2H3. The molecule has 1 fully saturated rings. The van der Waals surface area contributed by atoms with Gasteiger partial charge in [0.2, 0.25) is 15.9 Å². The fraction of sp³-hybridized carbons (Fsp3) is 0.278. The van der Waals surface area contributed by atoms with Gasteiger partial charge in [0.15, 0.2) is 0 Å². The van der Waals surface area contributed by atoms with E-state index in [4.69, 9.17) is 4.74 Å². The lowest BCUT2D eigenvalue weighted by atomic mass is 10.2. The van der Waals surface area contributed by atoms with Crippen LogP contribution in [0.25, 0.3) is 0 Å². The first-order chi connectivity index (χ1) is 11.9. The van der Waals surface area contributed by atoms with Crippen LogP contribution in [0, 0.1) is 6.92 Å². The number of hydrogen-bond donors (Lipinski definition) is 1. The van der Waals surface area contributed by atoms with E-state index in [1.54, 1.807) is 60.5 Å². The van der Waals surface area contributed by atoms with Crippen molar-refractivity contribution in [2.24, 2.45) is 0 Å². The van der Waals surface area contributed by atoms with Crippen molar-refractivity contribution in [3.05, 3.63) is 54.1 Å². The maximum absolute atomic E-state index is 12.5. The minimum absolute atomic E-state index is 0.109. The molecule has 1 saturated heterocycles. The first kappa shape index (κ1) is 17.4. The molecule has 2 aromatic carbocycles. The van der Waals surface area contributed by atoms with Crippen LogP contribution >= 0.6 is 0 Å². The monoisotopic (exact) mass is 360 g/mol. The number of aryl methyl sites for hydroxylation is 1. The van der Waals surface area contributed by atoms with E-state index in [0.29, 0.717) is 12.3 Å². The van der Waals surface area contributed by atoms with Crippen molar-refractivity contribution in [1.29, 1.82) is 0 Å². The minimum atomic E-state index is -3.65. The third-order valence-electron chi connectivity index (χ3n) is 4.16. The number of anilines is 1. The van der Waals surface area contributed by atoms with Gasteiger partial charge in [0, 0.05) is 24.7 Å². The number of methoxy groups -OCH3 is 1. The Kier molecular flexibility index (Phi) is 4.78. The second-order valence-corrected chi connectivity index (χ2v) is 7.75. The van der Waals surface area contributed by atoms with Gasteiger partial charge in [-0.3, -0.25) is 4.79 Å². The molecule has 0 aliphatic carbocycles. The summed E-state index contributed by atoms with van der Waals surface area (Å²) < 4.78 is 32.7. The number of benzene rings is 2. The van der Waals surface area contributed by atoms with Crippen LogP contribution in [0.15, 0.2) is 53.4 Å². The van der Waals surface area contributed by atoms with Crippen LogP contribution in [0.3, 0.4) is 0 Å². The maximum atomic E-state index is 12.5. The molecule has 7 heteroatoms. The molecule has 1 unspecified atom stereocenters. The zero-order valence-electron chi connectivity index (χ0n) is 14.1. The van der Waals surface area contributed by atoms with Gasteiger partial charge in [-0.15, -0.1) is 0 Å². The van der Waals surface area contributed by atoms with Gasteiger partial charge in [0.1, 0.15) is 5.75 Å². The molecule has 1 atom stereocenters. The molecule has 1 aliphatic rings. The van der Waals surface area contributed by atoms with Gasteiger partial charge >= 0.3 is 0 Å². The third kappa shape index (κ3) is 3.83. The van der Waals surface area contributed by atoms with E-state index in [-0.39, 0.29) is 17.2 Å². The van der Waals surface area contributed by atoms with Crippen LogP contribution in [0.5, 0.6) is 5.75 Å². The van der Waals surface area contributed by atoms with Crippen molar-refractivity contribution in [3.63, 3.8) is 0 Å². The van der Waals surface area contributed by atoms with Crippen molar-refractivity contribution in [2.45, 2.75) is 24.3 Å². The lowest BCUT2D eigenvalue weighted by Crippen LogP contribution is -2.37. The largest absolute Gasteiger partial charge is 0.497 e. The number of ether oxygens (including phenoxy) is 1. The van der Waals surface area contributed by atoms with Gasteiger partial charge < -0.3 is 9.64 Å². The third-order valence-corrected chi connectivity index (χ3v) is 5.70. The van der Waals surface area contributed by atoms with Gasteiger partial charge in [-0.05, 0) is 43.3 Å². The molecule has 0 saturated carbocycles. The molecule has 0 bridgehead atoms. The minimum Gasteiger partial charge on any atom is -0.497 e. The fourth-order valence-electron chi connectivity index (χ4n) is 2.80. The molecule has 3 rings (SSSR count). The van der Waals surface area contributed by atoms with Crippen molar-refractivity contribution >= 4 is 21.6 Å². The fourth-order valence-corrected chi connectivity index (χ4v) is 4.03. The molecular formula is C18H20N2O4S. The molecule has 0 aromatic heterocycles. The summed E-state index contributed by atoms with van der Waals surface area (Å²) in [6.45, 7) is 2.20. The van der Waals surface area contributed by atoms with E-state index in [2.05, 4.69) is 4.72 Å². The summed E-state index contributed by atoms with van der Waals surface area (Å²) >= 11 is 0. The quantitative estimate of drug-likeness (QED) is 0.886. The number of rotatable bonds is 5. The molecule has 0 radical (unpaired) electrons. The Bertz CT molecular complexity index is 861. The number of carbonyl (C=O) groups is 1. The molecule has 6 nitrogen and oxygen atoms in total. The number of carbonyl (C=O) groups excluding carboxylic acids is 1. The highest BCUT2D eigenvalue weighted by atomic mass is 32.2. The van der Waals surface area contributed by atoms with Gasteiger partial charge in [-0.2, -0.15) is 0 Å². The molecule has 2 aromatic rings. The lowest BCUT2D eigenvalue weighted by molar-refractivity contribution is -0.117. The Labute approximate surface area is 147 Å². The normalized spacial score (nSPS) is 17.8. The Morgan fingerprint density at radius 1 is 1.08 bits per heavy atom. The van der Waals surface area contributed by atoms with Crippen molar-refractivity contribution < 1.29 is 17.9 Å². The second-order valence-electron chi connectivity index (χ2n) is 6.04. The zero-order valence-corrected chi connectivity index (χ0v) is 14.9. The molecular weight excluding hydrogens is 340 g/mol. The molecule has 1 heterocycles. The summed E-state index contributed by atoms with van der Waals surface area (Å²) in [5, 5.41) is 0. The predicted octanol–water partition coefficient (Wildman–Crippen LogP) is 2.09.